The molecule has 0 N–H and O–H groups in total. The number of furan rings is 1. The number of hydrogen-bond donors (Lipinski definition) is 0. The van der Waals surface area contributed by atoms with Gasteiger partial charge in [-0.1, -0.05) is 158 Å². The molecular formula is C48H30N6O. The van der Waals surface area contributed by atoms with Crippen LogP contribution in [-0.2, 0) is 0 Å². The minimum atomic E-state index is 0.498. The Morgan fingerprint density at radius 1 is 0.273 bits per heavy atom. The quantitative estimate of drug-likeness (QED) is 0.163. The first-order valence-electron chi connectivity index (χ1n) is 18.0. The van der Waals surface area contributed by atoms with E-state index in [4.69, 9.17) is 34.3 Å². The maximum Gasteiger partial charge on any atom is 0.164 e. The summed E-state index contributed by atoms with van der Waals surface area (Å²) in [5, 5.41) is 1.86. The summed E-state index contributed by atoms with van der Waals surface area (Å²) in [5.41, 5.74) is 8.68. The van der Waals surface area contributed by atoms with E-state index in [1.807, 2.05) is 146 Å². The third-order valence-corrected chi connectivity index (χ3v) is 9.57. The molecule has 0 spiro atoms. The van der Waals surface area contributed by atoms with Gasteiger partial charge < -0.3 is 4.42 Å². The van der Waals surface area contributed by atoms with E-state index in [-0.39, 0.29) is 0 Å². The van der Waals surface area contributed by atoms with Crippen LogP contribution in [-0.4, -0.2) is 29.9 Å². The van der Waals surface area contributed by atoms with E-state index < -0.39 is 0 Å². The van der Waals surface area contributed by atoms with Crippen LogP contribution >= 0.6 is 0 Å². The fourth-order valence-electron chi connectivity index (χ4n) is 6.91. The molecule has 0 aliphatic rings. The normalized spacial score (nSPS) is 11.3. The smallest absolute Gasteiger partial charge is 0.164 e. The van der Waals surface area contributed by atoms with Crippen LogP contribution < -0.4 is 0 Å². The zero-order valence-corrected chi connectivity index (χ0v) is 29.4. The predicted molar refractivity (Wildman–Crippen MR) is 219 cm³/mol. The zero-order valence-electron chi connectivity index (χ0n) is 29.4. The van der Waals surface area contributed by atoms with Gasteiger partial charge in [0.2, 0.25) is 0 Å². The summed E-state index contributed by atoms with van der Waals surface area (Å²) in [6, 6.07) is 60.7. The Morgan fingerprint density at radius 3 is 1.25 bits per heavy atom. The van der Waals surface area contributed by atoms with E-state index >= 15 is 0 Å². The molecule has 3 aromatic heterocycles. The minimum absolute atomic E-state index is 0.498. The van der Waals surface area contributed by atoms with Crippen molar-refractivity contribution in [3.05, 3.63) is 182 Å². The van der Waals surface area contributed by atoms with Crippen LogP contribution in [0.4, 0.5) is 0 Å². The van der Waals surface area contributed by atoms with Crippen LogP contribution in [0.5, 0.6) is 0 Å². The lowest BCUT2D eigenvalue weighted by Gasteiger charge is -2.12. The highest BCUT2D eigenvalue weighted by Gasteiger charge is 2.21. The highest BCUT2D eigenvalue weighted by Crippen LogP contribution is 2.40. The molecule has 0 atom stereocenters. The van der Waals surface area contributed by atoms with Crippen molar-refractivity contribution < 1.29 is 4.42 Å². The molecule has 0 fully saturated rings. The average Bonchev–Trinajstić information content (AvgIpc) is 3.66. The fraction of sp³-hybridized carbons (Fsp3) is 0. The summed E-state index contributed by atoms with van der Waals surface area (Å²) in [7, 11) is 0. The molecule has 0 aliphatic carbocycles. The molecule has 0 radical (unpaired) electrons. The fourth-order valence-corrected chi connectivity index (χ4v) is 6.91. The van der Waals surface area contributed by atoms with Gasteiger partial charge in [-0.25, -0.2) is 29.9 Å². The Morgan fingerprint density at radius 2 is 0.691 bits per heavy atom. The molecule has 10 aromatic rings. The molecule has 7 aromatic carbocycles. The second-order valence-electron chi connectivity index (χ2n) is 13.2. The molecule has 3 heterocycles. The van der Waals surface area contributed by atoms with Crippen molar-refractivity contribution in [3.63, 3.8) is 0 Å². The molecule has 0 aliphatic heterocycles. The number of hydrogen-bond acceptors (Lipinski definition) is 7. The minimum Gasteiger partial charge on any atom is -0.456 e. The molecule has 0 saturated carbocycles. The monoisotopic (exact) mass is 706 g/mol. The van der Waals surface area contributed by atoms with Gasteiger partial charge in [-0.15, -0.1) is 0 Å². The van der Waals surface area contributed by atoms with Gasteiger partial charge in [-0.05, 0) is 35.4 Å². The van der Waals surface area contributed by atoms with Gasteiger partial charge in [0, 0.05) is 44.2 Å². The molecule has 0 bridgehead atoms. The number of para-hydroxylation sites is 1. The number of nitrogens with zero attached hydrogens (tertiary/aromatic N) is 6. The van der Waals surface area contributed by atoms with Crippen LogP contribution in [0.1, 0.15) is 0 Å². The average molecular weight is 707 g/mol. The van der Waals surface area contributed by atoms with E-state index in [2.05, 4.69) is 36.4 Å². The second-order valence-corrected chi connectivity index (χ2v) is 13.2. The van der Waals surface area contributed by atoms with Crippen LogP contribution in [0.25, 0.3) is 101 Å². The molecule has 0 saturated heterocycles. The van der Waals surface area contributed by atoms with E-state index in [1.165, 1.54) is 0 Å². The molecule has 0 amide bonds. The number of fused-ring (bicyclic) bond motifs is 3. The first kappa shape index (κ1) is 32.0. The van der Waals surface area contributed by atoms with Gasteiger partial charge in [-0.2, -0.15) is 0 Å². The number of rotatable bonds is 7. The van der Waals surface area contributed by atoms with Gasteiger partial charge in [0.1, 0.15) is 11.2 Å². The van der Waals surface area contributed by atoms with Crippen LogP contribution in [0, 0.1) is 0 Å². The Kier molecular flexibility index (Phi) is 8.00. The summed E-state index contributed by atoms with van der Waals surface area (Å²) >= 11 is 0. The topological polar surface area (TPSA) is 90.5 Å². The van der Waals surface area contributed by atoms with Gasteiger partial charge in [0.25, 0.3) is 0 Å². The number of benzene rings is 7. The number of aromatic nitrogens is 6. The maximum absolute atomic E-state index is 6.56. The van der Waals surface area contributed by atoms with Gasteiger partial charge in [0.15, 0.2) is 34.9 Å². The highest BCUT2D eigenvalue weighted by atomic mass is 16.3. The molecule has 0 unspecified atom stereocenters. The molecule has 7 nitrogen and oxygen atoms in total. The van der Waals surface area contributed by atoms with Gasteiger partial charge in [0.05, 0.1) is 0 Å². The standard InChI is InChI=1S/C48H30N6O/c1-5-16-31(17-6-1)35-24-15-25-36(28-35)46-50-43(32-18-7-2-8-19-32)51-47(52-46)37-29-39(42-38-26-13-14-27-40(38)55-41(42)30-37)48-53-44(33-20-9-3-10-21-33)49-45(54-48)34-22-11-4-12-23-34/h1-30H. The van der Waals surface area contributed by atoms with Crippen molar-refractivity contribution in [1.29, 1.82) is 0 Å². The van der Waals surface area contributed by atoms with Crippen LogP contribution in [0.15, 0.2) is 186 Å². The molecule has 10 rings (SSSR count). The first-order chi connectivity index (χ1) is 27.2. The van der Waals surface area contributed by atoms with E-state index in [0.717, 1.165) is 60.9 Å². The van der Waals surface area contributed by atoms with Crippen LogP contribution in [0.2, 0.25) is 0 Å². The van der Waals surface area contributed by atoms with Crippen molar-refractivity contribution >= 4 is 21.9 Å². The first-order valence-corrected chi connectivity index (χ1v) is 18.0. The predicted octanol–water partition coefficient (Wildman–Crippen LogP) is 11.6. The molecule has 55 heavy (non-hydrogen) atoms. The Balaban J connectivity index is 1.22. The molecular weight excluding hydrogens is 677 g/mol. The second kappa shape index (κ2) is 13.7. The summed E-state index contributed by atoms with van der Waals surface area (Å²) in [5.74, 6) is 3.28. The van der Waals surface area contributed by atoms with Crippen molar-refractivity contribution in [3.8, 4) is 79.5 Å². The third-order valence-electron chi connectivity index (χ3n) is 9.57. The summed E-state index contributed by atoms with van der Waals surface area (Å²) < 4.78 is 6.56. The van der Waals surface area contributed by atoms with Crippen molar-refractivity contribution in [2.45, 2.75) is 0 Å². The molecule has 7 heteroatoms. The lowest BCUT2D eigenvalue weighted by Crippen LogP contribution is -2.02. The SMILES string of the molecule is c1ccc(-c2cccc(-c3nc(-c4ccccc4)nc(-c4cc(-c5nc(-c6ccccc6)nc(-c6ccccc6)n5)c5c(c4)oc4ccccc45)n3)c2)cc1. The Labute approximate surface area is 316 Å². The van der Waals surface area contributed by atoms with E-state index in [0.29, 0.717) is 40.5 Å². The molecule has 258 valence electrons. The third kappa shape index (κ3) is 6.19. The highest BCUT2D eigenvalue weighted by molar-refractivity contribution is 6.13. The van der Waals surface area contributed by atoms with Crippen molar-refractivity contribution in [2.24, 2.45) is 0 Å². The van der Waals surface area contributed by atoms with Gasteiger partial charge >= 0.3 is 0 Å². The Bertz CT molecular complexity index is 2910. The van der Waals surface area contributed by atoms with Crippen LogP contribution in [0.3, 0.4) is 0 Å². The Hall–Kier alpha value is -7.64. The summed E-state index contributed by atoms with van der Waals surface area (Å²) in [6.07, 6.45) is 0. The van der Waals surface area contributed by atoms with Crippen molar-refractivity contribution in [1.82, 2.24) is 29.9 Å². The van der Waals surface area contributed by atoms with Gasteiger partial charge in [-0.3, -0.25) is 0 Å². The largest absolute Gasteiger partial charge is 0.456 e. The van der Waals surface area contributed by atoms with Crippen molar-refractivity contribution in [2.75, 3.05) is 0 Å². The van der Waals surface area contributed by atoms with E-state index in [1.54, 1.807) is 0 Å². The summed E-state index contributed by atoms with van der Waals surface area (Å²) in [4.78, 5) is 30.5. The summed E-state index contributed by atoms with van der Waals surface area (Å²) in [6.45, 7) is 0. The lowest BCUT2D eigenvalue weighted by atomic mass is 10.0. The maximum atomic E-state index is 6.56. The zero-order chi connectivity index (χ0) is 36.6. The lowest BCUT2D eigenvalue weighted by molar-refractivity contribution is 0.669. The van der Waals surface area contributed by atoms with E-state index in [9.17, 15) is 0 Å².